The SMILES string of the molecule is C#C[C@](C)(CC)NS(=O)(=O)c1cc(OC)ccc1OC. The first-order chi connectivity index (χ1) is 9.31. The van der Waals surface area contributed by atoms with Crippen molar-refractivity contribution in [3.63, 3.8) is 0 Å². The summed E-state index contributed by atoms with van der Waals surface area (Å²) in [5, 5.41) is 0. The minimum atomic E-state index is -3.81. The molecule has 0 aliphatic rings. The molecule has 20 heavy (non-hydrogen) atoms. The van der Waals surface area contributed by atoms with Crippen LogP contribution in [-0.4, -0.2) is 28.2 Å². The van der Waals surface area contributed by atoms with Gasteiger partial charge in [0.15, 0.2) is 0 Å². The highest BCUT2D eigenvalue weighted by molar-refractivity contribution is 7.89. The molecule has 0 aliphatic heterocycles. The largest absolute Gasteiger partial charge is 0.497 e. The number of ether oxygens (including phenoxy) is 2. The van der Waals surface area contributed by atoms with Crippen molar-refractivity contribution in [2.24, 2.45) is 0 Å². The fourth-order valence-electron chi connectivity index (χ4n) is 1.55. The van der Waals surface area contributed by atoms with E-state index >= 15 is 0 Å². The van der Waals surface area contributed by atoms with E-state index in [0.29, 0.717) is 12.2 Å². The second kappa shape index (κ2) is 6.16. The molecule has 0 heterocycles. The molecule has 6 heteroatoms. The van der Waals surface area contributed by atoms with Crippen LogP contribution in [0.1, 0.15) is 20.3 Å². The molecule has 110 valence electrons. The Kier molecular flexibility index (Phi) is 5.03. The molecule has 0 radical (unpaired) electrons. The molecule has 0 spiro atoms. The minimum Gasteiger partial charge on any atom is -0.497 e. The fourth-order valence-corrected chi connectivity index (χ4v) is 3.14. The first-order valence-corrected chi connectivity index (χ1v) is 7.54. The molecular formula is C14H19NO4S. The second-order valence-corrected chi connectivity index (χ2v) is 6.10. The average molecular weight is 297 g/mol. The smallest absolute Gasteiger partial charge is 0.245 e. The number of sulfonamides is 1. The summed E-state index contributed by atoms with van der Waals surface area (Å²) < 4.78 is 37.6. The molecule has 0 saturated carbocycles. The molecule has 0 aliphatic carbocycles. The molecule has 0 fully saturated rings. The van der Waals surface area contributed by atoms with Gasteiger partial charge in [0.1, 0.15) is 16.4 Å². The van der Waals surface area contributed by atoms with E-state index in [1.807, 2.05) is 6.92 Å². The van der Waals surface area contributed by atoms with Crippen LogP contribution in [0.4, 0.5) is 0 Å². The third-order valence-electron chi connectivity index (χ3n) is 3.05. The molecule has 1 aromatic carbocycles. The average Bonchev–Trinajstić information content (AvgIpc) is 2.45. The molecule has 5 nitrogen and oxygen atoms in total. The molecule has 0 amide bonds. The maximum Gasteiger partial charge on any atom is 0.245 e. The predicted molar refractivity (Wildman–Crippen MR) is 77.4 cm³/mol. The van der Waals surface area contributed by atoms with E-state index in [-0.39, 0.29) is 10.6 Å². The van der Waals surface area contributed by atoms with E-state index in [0.717, 1.165) is 0 Å². The van der Waals surface area contributed by atoms with Gasteiger partial charge in [-0.1, -0.05) is 12.8 Å². The van der Waals surface area contributed by atoms with E-state index in [1.165, 1.54) is 26.4 Å². The van der Waals surface area contributed by atoms with Crippen molar-refractivity contribution < 1.29 is 17.9 Å². The van der Waals surface area contributed by atoms with Crippen LogP contribution in [0.25, 0.3) is 0 Å². The summed E-state index contributed by atoms with van der Waals surface area (Å²) in [5.41, 5.74) is -0.951. The van der Waals surface area contributed by atoms with Crippen LogP contribution in [0.15, 0.2) is 23.1 Å². The van der Waals surface area contributed by atoms with Gasteiger partial charge in [0, 0.05) is 6.07 Å². The van der Waals surface area contributed by atoms with Crippen molar-refractivity contribution >= 4 is 10.0 Å². The molecule has 1 N–H and O–H groups in total. The highest BCUT2D eigenvalue weighted by Crippen LogP contribution is 2.29. The van der Waals surface area contributed by atoms with Gasteiger partial charge in [-0.15, -0.1) is 6.42 Å². The highest BCUT2D eigenvalue weighted by Gasteiger charge is 2.29. The van der Waals surface area contributed by atoms with Crippen molar-refractivity contribution in [2.75, 3.05) is 14.2 Å². The molecule has 0 unspecified atom stereocenters. The van der Waals surface area contributed by atoms with E-state index in [9.17, 15) is 8.42 Å². The van der Waals surface area contributed by atoms with Crippen LogP contribution >= 0.6 is 0 Å². The number of nitrogens with one attached hydrogen (secondary N) is 1. The Balaban J connectivity index is 3.32. The lowest BCUT2D eigenvalue weighted by molar-refractivity contribution is 0.391. The topological polar surface area (TPSA) is 64.6 Å². The zero-order valence-corrected chi connectivity index (χ0v) is 12.9. The van der Waals surface area contributed by atoms with Gasteiger partial charge in [0.25, 0.3) is 0 Å². The summed E-state index contributed by atoms with van der Waals surface area (Å²) in [6, 6.07) is 4.55. The van der Waals surface area contributed by atoms with Crippen molar-refractivity contribution in [3.8, 4) is 23.8 Å². The van der Waals surface area contributed by atoms with Gasteiger partial charge >= 0.3 is 0 Å². The summed E-state index contributed by atoms with van der Waals surface area (Å²) in [7, 11) is -0.950. The number of terminal acetylenes is 1. The van der Waals surface area contributed by atoms with Gasteiger partial charge in [-0.05, 0) is 25.5 Å². The van der Waals surface area contributed by atoms with Crippen molar-refractivity contribution in [2.45, 2.75) is 30.7 Å². The van der Waals surface area contributed by atoms with Gasteiger partial charge in [0.05, 0.1) is 19.8 Å². The summed E-state index contributed by atoms with van der Waals surface area (Å²) >= 11 is 0. The molecule has 0 aromatic heterocycles. The van der Waals surface area contributed by atoms with E-state index in [2.05, 4.69) is 10.6 Å². The number of rotatable bonds is 6. The van der Waals surface area contributed by atoms with Gasteiger partial charge < -0.3 is 9.47 Å². The fraction of sp³-hybridized carbons (Fsp3) is 0.429. The maximum absolute atomic E-state index is 12.5. The normalized spacial score (nSPS) is 14.2. The number of methoxy groups -OCH3 is 2. The van der Waals surface area contributed by atoms with Crippen LogP contribution in [0.3, 0.4) is 0 Å². The zero-order valence-electron chi connectivity index (χ0n) is 12.1. The zero-order chi connectivity index (χ0) is 15.4. The van der Waals surface area contributed by atoms with Gasteiger partial charge in [-0.2, -0.15) is 4.72 Å². The van der Waals surface area contributed by atoms with Crippen LogP contribution in [0, 0.1) is 12.3 Å². The van der Waals surface area contributed by atoms with E-state index in [1.54, 1.807) is 13.0 Å². The van der Waals surface area contributed by atoms with Gasteiger partial charge in [-0.3, -0.25) is 0 Å². The molecule has 1 aromatic rings. The number of hydrogen-bond donors (Lipinski definition) is 1. The minimum absolute atomic E-state index is 0.00530. The predicted octanol–water partition coefficient (Wildman–Crippen LogP) is 1.78. The van der Waals surface area contributed by atoms with Crippen molar-refractivity contribution in [1.29, 1.82) is 0 Å². The standard InChI is InChI=1S/C14H19NO4S/c1-6-14(3,7-2)15-20(16,17)13-10-11(18-4)8-9-12(13)19-5/h1,8-10,15H,7H2,2-5H3/t14-/m1/s1. The Morgan fingerprint density at radius 3 is 2.45 bits per heavy atom. The summed E-state index contributed by atoms with van der Waals surface area (Å²) in [6.07, 6.45) is 5.86. The van der Waals surface area contributed by atoms with Crippen molar-refractivity contribution in [1.82, 2.24) is 4.72 Å². The summed E-state index contributed by atoms with van der Waals surface area (Å²) in [4.78, 5) is -0.00530. The van der Waals surface area contributed by atoms with Gasteiger partial charge in [-0.25, -0.2) is 8.42 Å². The highest BCUT2D eigenvalue weighted by atomic mass is 32.2. The Bertz CT molecular complexity index is 619. The molecule has 1 atom stereocenters. The maximum atomic E-state index is 12.5. The molecule has 0 saturated heterocycles. The molecule has 1 rings (SSSR count). The van der Waals surface area contributed by atoms with E-state index in [4.69, 9.17) is 15.9 Å². The number of benzene rings is 1. The first kappa shape index (κ1) is 16.3. The van der Waals surface area contributed by atoms with Crippen LogP contribution < -0.4 is 14.2 Å². The second-order valence-electron chi connectivity index (χ2n) is 4.45. The Morgan fingerprint density at radius 1 is 1.35 bits per heavy atom. The Labute approximate surface area is 120 Å². The monoisotopic (exact) mass is 297 g/mol. The number of hydrogen-bond acceptors (Lipinski definition) is 4. The third kappa shape index (κ3) is 3.44. The lowest BCUT2D eigenvalue weighted by Crippen LogP contribution is -2.44. The third-order valence-corrected chi connectivity index (χ3v) is 4.66. The summed E-state index contributed by atoms with van der Waals surface area (Å²) in [6.45, 7) is 3.46. The first-order valence-electron chi connectivity index (χ1n) is 6.05. The summed E-state index contributed by atoms with van der Waals surface area (Å²) in [5.74, 6) is 3.11. The Hall–Kier alpha value is -1.71. The molecule has 0 bridgehead atoms. The van der Waals surface area contributed by atoms with Crippen molar-refractivity contribution in [3.05, 3.63) is 18.2 Å². The quantitative estimate of drug-likeness (QED) is 0.813. The lowest BCUT2D eigenvalue weighted by atomic mass is 10.0. The lowest BCUT2D eigenvalue weighted by Gasteiger charge is -2.23. The van der Waals surface area contributed by atoms with Crippen LogP contribution in [0.2, 0.25) is 0 Å². The van der Waals surface area contributed by atoms with Crippen LogP contribution in [0.5, 0.6) is 11.5 Å². The van der Waals surface area contributed by atoms with Crippen LogP contribution in [-0.2, 0) is 10.0 Å². The Morgan fingerprint density at radius 2 is 2.00 bits per heavy atom. The van der Waals surface area contributed by atoms with Gasteiger partial charge in [0.2, 0.25) is 10.0 Å². The molecular weight excluding hydrogens is 278 g/mol. The van der Waals surface area contributed by atoms with E-state index < -0.39 is 15.6 Å².